The summed E-state index contributed by atoms with van der Waals surface area (Å²) in [5.74, 6) is -4.01. The van der Waals surface area contributed by atoms with Crippen LogP contribution in [0, 0.1) is 16.6 Å². The number of guanidine groups is 1. The van der Waals surface area contributed by atoms with Crippen molar-refractivity contribution < 1.29 is 40.7 Å². The van der Waals surface area contributed by atoms with Crippen LogP contribution < -0.4 is 5.73 Å². The van der Waals surface area contributed by atoms with E-state index < -0.39 is 77.5 Å². The van der Waals surface area contributed by atoms with Crippen LogP contribution in [0.25, 0.3) is 16.9 Å². The maximum atomic E-state index is 16.2. The van der Waals surface area contributed by atoms with E-state index in [0.717, 1.165) is 15.9 Å². The quantitative estimate of drug-likeness (QED) is 0.124. The third-order valence-electron chi connectivity index (χ3n) is 9.19. The second-order valence-corrected chi connectivity index (χ2v) is 14.6. The van der Waals surface area contributed by atoms with Crippen LogP contribution in [0.15, 0.2) is 66.3 Å². The maximum Gasteiger partial charge on any atom is 0.395 e. The number of nitrogens with zero attached hydrogens (tertiary/aromatic N) is 7. The fourth-order valence-electron chi connectivity index (χ4n) is 6.53. The first kappa shape index (κ1) is 37.7. The van der Waals surface area contributed by atoms with Crippen molar-refractivity contribution in [3.8, 4) is 16.9 Å². The third kappa shape index (κ3) is 7.30. The van der Waals surface area contributed by atoms with Crippen molar-refractivity contribution in [2.24, 2.45) is 21.6 Å². The zero-order valence-corrected chi connectivity index (χ0v) is 29.3. The predicted octanol–water partition coefficient (Wildman–Crippen LogP) is 7.26. The molecule has 1 amide bonds. The molecule has 2 aromatic carbocycles. The Morgan fingerprint density at radius 1 is 1.08 bits per heavy atom. The minimum atomic E-state index is -4.64. The van der Waals surface area contributed by atoms with Crippen LogP contribution in [0.5, 0.6) is 0 Å². The fourth-order valence-corrected chi connectivity index (χ4v) is 6.73. The number of benzene rings is 2. The van der Waals surface area contributed by atoms with Crippen LogP contribution in [0.1, 0.15) is 75.9 Å². The van der Waals surface area contributed by atoms with Gasteiger partial charge in [0.2, 0.25) is 0 Å². The van der Waals surface area contributed by atoms with Gasteiger partial charge in [0.15, 0.2) is 17.3 Å². The summed E-state index contributed by atoms with van der Waals surface area (Å²) in [6, 6.07) is 6.69. The van der Waals surface area contributed by atoms with Gasteiger partial charge in [0.1, 0.15) is 18.8 Å². The van der Waals surface area contributed by atoms with Gasteiger partial charge in [0.05, 0.1) is 40.5 Å². The van der Waals surface area contributed by atoms with Crippen molar-refractivity contribution in [2.75, 3.05) is 6.61 Å². The summed E-state index contributed by atoms with van der Waals surface area (Å²) < 4.78 is 91.2. The highest BCUT2D eigenvalue weighted by molar-refractivity contribution is 6.32. The molecule has 280 valence electrons. The van der Waals surface area contributed by atoms with Gasteiger partial charge in [0, 0.05) is 23.5 Å². The summed E-state index contributed by atoms with van der Waals surface area (Å²) >= 11 is 6.40. The second kappa shape index (κ2) is 13.7. The Hall–Kier alpha value is -5.06. The number of ether oxygens (including phenoxy) is 1. The lowest BCUT2D eigenvalue weighted by Gasteiger charge is -2.35. The van der Waals surface area contributed by atoms with Crippen LogP contribution in [-0.4, -0.2) is 60.3 Å². The fraction of sp³-hybridized carbons (Fsp3) is 0.400. The van der Waals surface area contributed by atoms with Gasteiger partial charge < -0.3 is 10.5 Å². The number of alkyl halides is 5. The number of hydrogen-bond donors (Lipinski definition) is 1. The Morgan fingerprint density at radius 3 is 2.42 bits per heavy atom. The van der Waals surface area contributed by atoms with Crippen LogP contribution in [0.2, 0.25) is 5.02 Å². The first-order valence-corrected chi connectivity index (χ1v) is 16.7. The number of nitrogens with two attached hydrogens (primary N) is 1. The Balaban J connectivity index is 1.43. The van der Waals surface area contributed by atoms with Gasteiger partial charge in [-0.2, -0.15) is 18.3 Å². The van der Waals surface area contributed by atoms with Crippen LogP contribution in [0.3, 0.4) is 0 Å². The summed E-state index contributed by atoms with van der Waals surface area (Å²) in [6.07, 6.45) is -4.01. The minimum absolute atomic E-state index is 0.0560. The van der Waals surface area contributed by atoms with E-state index in [1.165, 1.54) is 48.9 Å². The molecular formula is C35H33ClF6N8O3. The molecule has 3 heterocycles. The average molecular weight is 763 g/mol. The van der Waals surface area contributed by atoms with Crippen LogP contribution in [0.4, 0.5) is 26.3 Å². The summed E-state index contributed by atoms with van der Waals surface area (Å²) in [4.78, 5) is 45.1. The maximum absolute atomic E-state index is 16.2. The molecule has 0 saturated heterocycles. The van der Waals surface area contributed by atoms with E-state index in [1.807, 2.05) is 0 Å². The molecule has 0 radical (unpaired) electrons. The van der Waals surface area contributed by atoms with Gasteiger partial charge in [0.25, 0.3) is 12.3 Å². The van der Waals surface area contributed by atoms with E-state index in [0.29, 0.717) is 11.3 Å². The van der Waals surface area contributed by atoms with Crippen molar-refractivity contribution in [3.63, 3.8) is 0 Å². The highest BCUT2D eigenvalue weighted by atomic mass is 35.5. The van der Waals surface area contributed by atoms with Crippen molar-refractivity contribution in [1.29, 1.82) is 0 Å². The number of hydrogen-bond acceptors (Lipinski definition) is 9. The summed E-state index contributed by atoms with van der Waals surface area (Å²) in [6.45, 7) is 4.68. The number of halogens is 7. The topological polar surface area (TPSA) is 141 Å². The van der Waals surface area contributed by atoms with E-state index in [9.17, 15) is 31.5 Å². The molecule has 2 N–H and O–H groups in total. The van der Waals surface area contributed by atoms with Crippen molar-refractivity contribution in [3.05, 3.63) is 89.1 Å². The first-order valence-electron chi connectivity index (χ1n) is 16.3. The highest BCUT2D eigenvalue weighted by Crippen LogP contribution is 2.60. The Bertz CT molecular complexity index is 2070. The molecule has 4 aromatic rings. The smallest absolute Gasteiger partial charge is 0.395 e. The molecule has 0 unspecified atom stereocenters. The lowest BCUT2D eigenvalue weighted by molar-refractivity contribution is -0.195. The standard InChI is InChI=1S/C35H33ClF6N8O3/c1-32(2,3)17-34(21-6-4-19(12-23(21)37)24-15-44-10-11-45-24)30(52)49(31(43)48-34)26(16-53-27(51)14-33(8-9-33)35(40,41)42)20-5-7-22(36)25(13-20)50-29(28(38)39)46-18-47-50/h4-7,10-13,15,18,26,28H,8-9,14,16-17H2,1-3H3,(H2,43,48)/t26-,34-/m1/s1. The molecule has 6 rings (SSSR count). The number of amides is 1. The zero-order chi connectivity index (χ0) is 38.5. The van der Waals surface area contributed by atoms with Gasteiger partial charge in [-0.05, 0) is 48.4 Å². The normalized spacial score (nSPS) is 19.0. The number of aromatic nitrogens is 5. The number of esters is 1. The minimum Gasteiger partial charge on any atom is -0.463 e. The van der Waals surface area contributed by atoms with E-state index in [-0.39, 0.29) is 41.1 Å². The SMILES string of the molecule is CC(C)(C)C[C@]1(c2ccc(-c3cnccn3)cc2F)N=C(N)N([C@H](COC(=O)CC2(C(F)(F)F)CC2)c2ccc(Cl)c(-n3ncnc3C(F)F)c2)C1=O. The van der Waals surface area contributed by atoms with E-state index in [4.69, 9.17) is 22.1 Å². The number of aliphatic imine (C=N–C) groups is 1. The number of carbonyl (C=O) groups is 2. The lowest BCUT2D eigenvalue weighted by Crippen LogP contribution is -2.47. The molecule has 53 heavy (non-hydrogen) atoms. The van der Waals surface area contributed by atoms with Crippen LogP contribution >= 0.6 is 11.6 Å². The average Bonchev–Trinajstić information content (AvgIpc) is 3.63. The zero-order valence-electron chi connectivity index (χ0n) is 28.5. The molecule has 11 nitrogen and oxygen atoms in total. The van der Waals surface area contributed by atoms with E-state index in [2.05, 4.69) is 25.0 Å². The van der Waals surface area contributed by atoms with Gasteiger partial charge in [-0.3, -0.25) is 24.5 Å². The van der Waals surface area contributed by atoms with Crippen molar-refractivity contribution in [1.82, 2.24) is 29.6 Å². The lowest BCUT2D eigenvalue weighted by atomic mass is 9.75. The van der Waals surface area contributed by atoms with E-state index >= 15 is 4.39 Å². The molecule has 1 aliphatic heterocycles. The second-order valence-electron chi connectivity index (χ2n) is 14.2. The molecule has 2 aromatic heterocycles. The molecule has 2 atom stereocenters. The molecule has 0 bridgehead atoms. The van der Waals surface area contributed by atoms with Crippen molar-refractivity contribution >= 4 is 29.4 Å². The third-order valence-corrected chi connectivity index (χ3v) is 9.51. The van der Waals surface area contributed by atoms with Gasteiger partial charge in [-0.25, -0.2) is 27.8 Å². The van der Waals surface area contributed by atoms with E-state index in [1.54, 1.807) is 26.8 Å². The summed E-state index contributed by atoms with van der Waals surface area (Å²) in [7, 11) is 0. The Kier molecular flexibility index (Phi) is 9.76. The molecular weight excluding hydrogens is 730 g/mol. The molecule has 1 aliphatic carbocycles. The van der Waals surface area contributed by atoms with Crippen LogP contribution in [-0.2, 0) is 19.9 Å². The first-order chi connectivity index (χ1) is 24.9. The van der Waals surface area contributed by atoms with Crippen molar-refractivity contribution in [2.45, 2.75) is 70.6 Å². The molecule has 18 heteroatoms. The Labute approximate surface area is 304 Å². The largest absolute Gasteiger partial charge is 0.463 e. The van der Waals surface area contributed by atoms with Gasteiger partial charge in [-0.15, -0.1) is 0 Å². The molecule has 2 aliphatic rings. The van der Waals surface area contributed by atoms with Gasteiger partial charge >= 0.3 is 12.1 Å². The molecule has 1 fully saturated rings. The highest BCUT2D eigenvalue weighted by Gasteiger charge is 2.64. The van der Waals surface area contributed by atoms with Gasteiger partial charge in [-0.1, -0.05) is 50.6 Å². The molecule has 1 saturated carbocycles. The predicted molar refractivity (Wildman–Crippen MR) is 179 cm³/mol. The Morgan fingerprint density at radius 2 is 1.81 bits per heavy atom. The number of carbonyl (C=O) groups excluding carboxylic acids is 2. The molecule has 0 spiro atoms. The number of rotatable bonds is 11. The summed E-state index contributed by atoms with van der Waals surface area (Å²) in [5, 5.41) is 3.80. The summed E-state index contributed by atoms with van der Waals surface area (Å²) in [5.41, 5.74) is 2.23. The monoisotopic (exact) mass is 762 g/mol.